The summed E-state index contributed by atoms with van der Waals surface area (Å²) in [6, 6.07) is 7.19. The summed E-state index contributed by atoms with van der Waals surface area (Å²) in [7, 11) is 1.87. The molecule has 0 aliphatic heterocycles. The van der Waals surface area contributed by atoms with E-state index in [9.17, 15) is 9.59 Å². The molecular formula is C15H21NO4. The Kier molecular flexibility index (Phi) is 6.73. The Morgan fingerprint density at radius 2 is 1.90 bits per heavy atom. The summed E-state index contributed by atoms with van der Waals surface area (Å²) < 4.78 is 5.05. The third-order valence-electron chi connectivity index (χ3n) is 2.79. The Morgan fingerprint density at radius 3 is 2.45 bits per heavy atom. The summed E-state index contributed by atoms with van der Waals surface area (Å²) in [5, 5.41) is 8.62. The third kappa shape index (κ3) is 5.84. The molecule has 20 heavy (non-hydrogen) atoms. The molecule has 0 heterocycles. The molecule has 1 rings (SSSR count). The van der Waals surface area contributed by atoms with E-state index >= 15 is 0 Å². The minimum Gasteiger partial charge on any atom is -0.481 e. The first-order valence-electron chi connectivity index (χ1n) is 6.69. The minimum atomic E-state index is -0.800. The van der Waals surface area contributed by atoms with Crippen LogP contribution in [0.2, 0.25) is 0 Å². The molecule has 0 bridgehead atoms. The predicted molar refractivity (Wildman–Crippen MR) is 75.6 cm³/mol. The molecule has 0 atom stereocenters. The molecule has 0 radical (unpaired) electrons. The van der Waals surface area contributed by atoms with E-state index in [1.54, 1.807) is 12.1 Å². The summed E-state index contributed by atoms with van der Waals surface area (Å²) in [6.07, 6.45) is 0.927. The summed E-state index contributed by atoms with van der Waals surface area (Å²) in [4.78, 5) is 24.0. The molecule has 0 aliphatic carbocycles. The molecule has 1 N–H and O–H groups in total. The lowest BCUT2D eigenvalue weighted by Crippen LogP contribution is -2.21. The second kappa shape index (κ2) is 8.32. The number of rotatable bonds is 8. The Hall–Kier alpha value is -1.88. The van der Waals surface area contributed by atoms with E-state index in [1.165, 1.54) is 0 Å². The molecule has 5 heteroatoms. The summed E-state index contributed by atoms with van der Waals surface area (Å²) >= 11 is 0. The van der Waals surface area contributed by atoms with Crippen molar-refractivity contribution in [2.45, 2.75) is 26.3 Å². The first-order chi connectivity index (χ1) is 9.52. The van der Waals surface area contributed by atoms with Gasteiger partial charge < -0.3 is 14.7 Å². The maximum Gasteiger partial charge on any atom is 0.338 e. The highest BCUT2D eigenvalue weighted by molar-refractivity contribution is 5.89. The second-order valence-corrected chi connectivity index (χ2v) is 4.71. The maximum atomic E-state index is 11.6. The molecule has 1 aromatic carbocycles. The Morgan fingerprint density at radius 1 is 1.25 bits per heavy atom. The Balaban J connectivity index is 2.49. The molecule has 0 saturated heterocycles. The summed E-state index contributed by atoms with van der Waals surface area (Å²) in [5.74, 6) is -1.11. The number of hydrogen-bond donors (Lipinski definition) is 1. The molecule has 0 amide bonds. The SMILES string of the molecule is CCCOC(=O)c1ccc(CN(C)CCC(=O)O)cc1. The molecule has 1 aromatic rings. The van der Waals surface area contributed by atoms with Crippen LogP contribution in [0, 0.1) is 0 Å². The van der Waals surface area contributed by atoms with Crippen LogP contribution >= 0.6 is 0 Å². The fourth-order valence-corrected chi connectivity index (χ4v) is 1.70. The van der Waals surface area contributed by atoms with Gasteiger partial charge in [-0.05, 0) is 31.2 Å². The first kappa shape index (κ1) is 16.2. The van der Waals surface area contributed by atoms with Crippen molar-refractivity contribution < 1.29 is 19.4 Å². The second-order valence-electron chi connectivity index (χ2n) is 4.71. The highest BCUT2D eigenvalue weighted by atomic mass is 16.5. The largest absolute Gasteiger partial charge is 0.481 e. The zero-order valence-electron chi connectivity index (χ0n) is 12.0. The van der Waals surface area contributed by atoms with Crippen molar-refractivity contribution in [1.82, 2.24) is 4.90 Å². The Labute approximate surface area is 119 Å². The van der Waals surface area contributed by atoms with Crippen LogP contribution in [0.5, 0.6) is 0 Å². The van der Waals surface area contributed by atoms with E-state index in [-0.39, 0.29) is 12.4 Å². The van der Waals surface area contributed by atoms with Crippen LogP contribution in [0.25, 0.3) is 0 Å². The average Bonchev–Trinajstić information content (AvgIpc) is 2.43. The Bertz CT molecular complexity index is 442. The van der Waals surface area contributed by atoms with Gasteiger partial charge in [-0.25, -0.2) is 4.79 Å². The number of carbonyl (C=O) groups excluding carboxylic acids is 1. The number of ether oxygens (including phenoxy) is 1. The van der Waals surface area contributed by atoms with Crippen LogP contribution in [0.15, 0.2) is 24.3 Å². The van der Waals surface area contributed by atoms with Crippen LogP contribution in [0.1, 0.15) is 35.7 Å². The van der Waals surface area contributed by atoms with E-state index in [1.807, 2.05) is 31.0 Å². The first-order valence-corrected chi connectivity index (χ1v) is 6.69. The van der Waals surface area contributed by atoms with Crippen LogP contribution in [0.4, 0.5) is 0 Å². The number of nitrogens with zero attached hydrogens (tertiary/aromatic N) is 1. The smallest absolute Gasteiger partial charge is 0.338 e. The average molecular weight is 279 g/mol. The summed E-state index contributed by atoms with van der Waals surface area (Å²) in [5.41, 5.74) is 1.57. The van der Waals surface area contributed by atoms with E-state index in [0.717, 1.165) is 12.0 Å². The van der Waals surface area contributed by atoms with Gasteiger partial charge in [0, 0.05) is 13.1 Å². The van der Waals surface area contributed by atoms with Gasteiger partial charge in [0.1, 0.15) is 0 Å². The van der Waals surface area contributed by atoms with Gasteiger partial charge in [0.2, 0.25) is 0 Å². The number of esters is 1. The van der Waals surface area contributed by atoms with E-state index < -0.39 is 5.97 Å². The van der Waals surface area contributed by atoms with E-state index in [0.29, 0.717) is 25.3 Å². The lowest BCUT2D eigenvalue weighted by Gasteiger charge is -2.15. The number of hydrogen-bond acceptors (Lipinski definition) is 4. The lowest BCUT2D eigenvalue weighted by molar-refractivity contribution is -0.137. The minimum absolute atomic E-state index is 0.123. The van der Waals surface area contributed by atoms with Crippen LogP contribution in [0.3, 0.4) is 0 Å². The number of benzene rings is 1. The van der Waals surface area contributed by atoms with Crippen LogP contribution in [-0.2, 0) is 16.1 Å². The van der Waals surface area contributed by atoms with Gasteiger partial charge in [-0.15, -0.1) is 0 Å². The van der Waals surface area contributed by atoms with Gasteiger partial charge >= 0.3 is 11.9 Å². The molecule has 0 aliphatic rings. The fourth-order valence-electron chi connectivity index (χ4n) is 1.70. The zero-order valence-corrected chi connectivity index (χ0v) is 12.0. The molecule has 0 fully saturated rings. The standard InChI is InChI=1S/C15H21NO4/c1-3-10-20-15(19)13-6-4-12(5-7-13)11-16(2)9-8-14(17)18/h4-7H,3,8-11H2,1-2H3,(H,17,18). The van der Waals surface area contributed by atoms with Crippen molar-refractivity contribution in [2.24, 2.45) is 0 Å². The topological polar surface area (TPSA) is 66.8 Å². The quantitative estimate of drug-likeness (QED) is 0.739. The summed E-state index contributed by atoms with van der Waals surface area (Å²) in [6.45, 7) is 3.52. The zero-order chi connectivity index (χ0) is 15.0. The van der Waals surface area contributed by atoms with E-state index in [4.69, 9.17) is 9.84 Å². The number of carbonyl (C=O) groups is 2. The fraction of sp³-hybridized carbons (Fsp3) is 0.467. The number of carboxylic acids is 1. The van der Waals surface area contributed by atoms with Crippen molar-refractivity contribution in [3.63, 3.8) is 0 Å². The normalized spacial score (nSPS) is 10.6. The van der Waals surface area contributed by atoms with Gasteiger partial charge in [0.05, 0.1) is 18.6 Å². The van der Waals surface area contributed by atoms with Crippen molar-refractivity contribution in [1.29, 1.82) is 0 Å². The molecule has 0 spiro atoms. The highest BCUT2D eigenvalue weighted by Gasteiger charge is 2.07. The van der Waals surface area contributed by atoms with Crippen molar-refractivity contribution in [3.8, 4) is 0 Å². The number of aliphatic carboxylic acids is 1. The van der Waals surface area contributed by atoms with Gasteiger partial charge in [-0.2, -0.15) is 0 Å². The molecule has 0 aromatic heterocycles. The monoisotopic (exact) mass is 279 g/mol. The number of carboxylic acid groups (broad SMARTS) is 1. The van der Waals surface area contributed by atoms with Gasteiger partial charge in [-0.3, -0.25) is 4.79 Å². The van der Waals surface area contributed by atoms with Crippen LogP contribution in [-0.4, -0.2) is 42.1 Å². The molecule has 110 valence electrons. The molecule has 5 nitrogen and oxygen atoms in total. The van der Waals surface area contributed by atoms with Crippen molar-refractivity contribution in [3.05, 3.63) is 35.4 Å². The van der Waals surface area contributed by atoms with Gasteiger partial charge in [0.15, 0.2) is 0 Å². The molecular weight excluding hydrogens is 258 g/mol. The lowest BCUT2D eigenvalue weighted by atomic mass is 10.1. The molecule has 0 unspecified atom stereocenters. The highest BCUT2D eigenvalue weighted by Crippen LogP contribution is 2.08. The van der Waals surface area contributed by atoms with Gasteiger partial charge in [-0.1, -0.05) is 19.1 Å². The van der Waals surface area contributed by atoms with Crippen molar-refractivity contribution in [2.75, 3.05) is 20.2 Å². The van der Waals surface area contributed by atoms with E-state index in [2.05, 4.69) is 0 Å². The third-order valence-corrected chi connectivity index (χ3v) is 2.79. The maximum absolute atomic E-state index is 11.6. The van der Waals surface area contributed by atoms with Gasteiger partial charge in [0.25, 0.3) is 0 Å². The predicted octanol–water partition coefficient (Wildman–Crippen LogP) is 2.16. The van der Waals surface area contributed by atoms with Crippen LogP contribution < -0.4 is 0 Å². The van der Waals surface area contributed by atoms with Crippen molar-refractivity contribution >= 4 is 11.9 Å². The molecule has 0 saturated carbocycles.